The summed E-state index contributed by atoms with van der Waals surface area (Å²) in [6.07, 6.45) is 1.44. The van der Waals surface area contributed by atoms with Gasteiger partial charge in [0.05, 0.1) is 23.1 Å². The number of hydrogen-bond acceptors (Lipinski definition) is 4. The van der Waals surface area contributed by atoms with Gasteiger partial charge in [0.25, 0.3) is 0 Å². The van der Waals surface area contributed by atoms with Gasteiger partial charge in [0.1, 0.15) is 5.82 Å². The SMILES string of the molecule is C=C[C@H]1CN(S(=O)(=O)c2ccc(C)cc2)[C@@H](c2ccc(F)cc2)C1(C#N)C#N. The molecule has 1 saturated heterocycles. The molecule has 0 aromatic heterocycles. The Hall–Kier alpha value is -3.00. The van der Waals surface area contributed by atoms with Crippen LogP contribution in [-0.4, -0.2) is 19.3 Å². The molecule has 1 fully saturated rings. The van der Waals surface area contributed by atoms with Crippen molar-refractivity contribution in [2.45, 2.75) is 17.9 Å². The Kier molecular flexibility index (Phi) is 5.08. The van der Waals surface area contributed by atoms with Crippen molar-refractivity contribution in [3.8, 4) is 12.1 Å². The summed E-state index contributed by atoms with van der Waals surface area (Å²) in [4.78, 5) is 0.0692. The van der Waals surface area contributed by atoms with Crippen LogP contribution in [0.3, 0.4) is 0 Å². The summed E-state index contributed by atoms with van der Waals surface area (Å²) < 4.78 is 41.3. The number of rotatable bonds is 4. The molecule has 2 aromatic carbocycles. The standard InChI is InChI=1S/C21H18FN3O2S/c1-3-17-12-25(28(26,27)19-10-4-15(2)5-11-19)20(21(17,13-23)14-24)16-6-8-18(22)9-7-16/h3-11,17,20H,1,12H2,2H3/t17-,20-/m0/s1. The largest absolute Gasteiger partial charge is 0.243 e. The van der Waals surface area contributed by atoms with Gasteiger partial charge >= 0.3 is 0 Å². The Labute approximate surface area is 164 Å². The van der Waals surface area contributed by atoms with Crippen LogP contribution in [0, 0.1) is 46.7 Å². The Morgan fingerprint density at radius 1 is 1.14 bits per heavy atom. The smallest absolute Gasteiger partial charge is 0.207 e. The van der Waals surface area contributed by atoms with Crippen LogP contribution in [0.5, 0.6) is 0 Å². The maximum absolute atomic E-state index is 13.4. The van der Waals surface area contributed by atoms with Gasteiger partial charge in [-0.25, -0.2) is 12.8 Å². The fourth-order valence-corrected chi connectivity index (χ4v) is 5.28. The molecule has 2 aromatic rings. The average Bonchev–Trinajstić information content (AvgIpc) is 3.04. The minimum Gasteiger partial charge on any atom is -0.207 e. The molecule has 3 rings (SSSR count). The summed E-state index contributed by atoms with van der Waals surface area (Å²) in [6.45, 7) is 5.47. The molecule has 0 saturated carbocycles. The van der Waals surface area contributed by atoms with Gasteiger partial charge < -0.3 is 0 Å². The van der Waals surface area contributed by atoms with E-state index in [0.29, 0.717) is 5.56 Å². The van der Waals surface area contributed by atoms with Crippen LogP contribution >= 0.6 is 0 Å². The Morgan fingerprint density at radius 3 is 2.21 bits per heavy atom. The first kappa shape index (κ1) is 19.8. The van der Waals surface area contributed by atoms with Crippen molar-refractivity contribution in [1.82, 2.24) is 4.31 Å². The number of aryl methyl sites for hydroxylation is 1. The third-order valence-corrected chi connectivity index (χ3v) is 6.99. The predicted octanol–water partition coefficient (Wildman–Crippen LogP) is 3.72. The lowest BCUT2D eigenvalue weighted by Crippen LogP contribution is -2.35. The molecule has 0 unspecified atom stereocenters. The highest BCUT2D eigenvalue weighted by molar-refractivity contribution is 7.89. The van der Waals surface area contributed by atoms with Crippen LogP contribution in [0.1, 0.15) is 17.2 Å². The summed E-state index contributed by atoms with van der Waals surface area (Å²) in [6, 6.07) is 14.5. The number of hydrogen-bond donors (Lipinski definition) is 0. The molecule has 142 valence electrons. The van der Waals surface area contributed by atoms with Crippen molar-refractivity contribution < 1.29 is 12.8 Å². The normalized spacial score (nSPS) is 21.6. The number of halogens is 1. The first-order valence-corrected chi connectivity index (χ1v) is 10.0. The van der Waals surface area contributed by atoms with Crippen molar-refractivity contribution in [2.75, 3.05) is 6.54 Å². The van der Waals surface area contributed by atoms with E-state index in [1.165, 1.54) is 42.5 Å². The number of sulfonamides is 1. The van der Waals surface area contributed by atoms with E-state index in [9.17, 15) is 23.3 Å². The van der Waals surface area contributed by atoms with E-state index in [2.05, 4.69) is 6.58 Å². The van der Waals surface area contributed by atoms with E-state index in [1.807, 2.05) is 19.1 Å². The number of nitrogens with zero attached hydrogens (tertiary/aromatic N) is 3. The summed E-state index contributed by atoms with van der Waals surface area (Å²) in [5.41, 5.74) is -0.385. The lowest BCUT2D eigenvalue weighted by molar-refractivity contribution is 0.326. The van der Waals surface area contributed by atoms with Crippen LogP contribution in [0.25, 0.3) is 0 Å². The monoisotopic (exact) mass is 395 g/mol. The molecule has 1 aliphatic heterocycles. The molecule has 0 bridgehead atoms. The molecule has 0 N–H and O–H groups in total. The second kappa shape index (κ2) is 7.20. The third-order valence-electron chi connectivity index (χ3n) is 5.15. The summed E-state index contributed by atoms with van der Waals surface area (Å²) in [5, 5.41) is 19.8. The Bertz CT molecular complexity index is 1070. The van der Waals surface area contributed by atoms with E-state index in [0.717, 1.165) is 9.87 Å². The van der Waals surface area contributed by atoms with Crippen LogP contribution in [0.2, 0.25) is 0 Å². The molecular weight excluding hydrogens is 377 g/mol. The molecular formula is C21H18FN3O2S. The highest BCUT2D eigenvalue weighted by Crippen LogP contribution is 2.52. The van der Waals surface area contributed by atoms with Gasteiger partial charge in [-0.3, -0.25) is 0 Å². The molecule has 0 spiro atoms. The predicted molar refractivity (Wildman–Crippen MR) is 102 cm³/mol. The lowest BCUT2D eigenvalue weighted by atomic mass is 9.73. The molecule has 0 amide bonds. The summed E-state index contributed by atoms with van der Waals surface area (Å²) >= 11 is 0. The zero-order valence-electron chi connectivity index (χ0n) is 15.2. The molecule has 1 aliphatic rings. The second-order valence-corrected chi connectivity index (χ2v) is 8.67. The van der Waals surface area contributed by atoms with Gasteiger partial charge in [0, 0.05) is 12.5 Å². The van der Waals surface area contributed by atoms with Gasteiger partial charge in [-0.2, -0.15) is 14.8 Å². The molecule has 0 radical (unpaired) electrons. The van der Waals surface area contributed by atoms with Crippen molar-refractivity contribution in [1.29, 1.82) is 10.5 Å². The fraction of sp³-hybridized carbons (Fsp3) is 0.238. The number of nitriles is 2. The highest BCUT2D eigenvalue weighted by atomic mass is 32.2. The number of benzene rings is 2. The van der Waals surface area contributed by atoms with E-state index in [1.54, 1.807) is 12.1 Å². The molecule has 0 aliphatic carbocycles. The van der Waals surface area contributed by atoms with Crippen molar-refractivity contribution in [3.63, 3.8) is 0 Å². The molecule has 1 heterocycles. The van der Waals surface area contributed by atoms with Gasteiger partial charge in [-0.1, -0.05) is 35.9 Å². The molecule has 7 heteroatoms. The maximum Gasteiger partial charge on any atom is 0.243 e. The zero-order valence-corrected chi connectivity index (χ0v) is 16.0. The van der Waals surface area contributed by atoms with Crippen molar-refractivity contribution >= 4 is 10.0 Å². The van der Waals surface area contributed by atoms with Crippen molar-refractivity contribution in [3.05, 3.63) is 78.1 Å². The Balaban J connectivity index is 2.22. The van der Waals surface area contributed by atoms with E-state index < -0.39 is 33.2 Å². The van der Waals surface area contributed by atoms with Crippen LogP contribution in [-0.2, 0) is 10.0 Å². The van der Waals surface area contributed by atoms with E-state index >= 15 is 0 Å². The minimum absolute atomic E-state index is 0.0666. The topological polar surface area (TPSA) is 85.0 Å². The lowest BCUT2D eigenvalue weighted by Gasteiger charge is -2.29. The summed E-state index contributed by atoms with van der Waals surface area (Å²) in [5.74, 6) is -1.19. The van der Waals surface area contributed by atoms with Crippen LogP contribution in [0.15, 0.2) is 66.1 Å². The van der Waals surface area contributed by atoms with E-state index in [4.69, 9.17) is 0 Å². The zero-order chi connectivity index (χ0) is 20.5. The van der Waals surface area contributed by atoms with Crippen LogP contribution in [0.4, 0.5) is 4.39 Å². The van der Waals surface area contributed by atoms with Gasteiger partial charge in [-0.05, 0) is 36.8 Å². The quantitative estimate of drug-likeness (QED) is 0.739. The second-order valence-electron chi connectivity index (χ2n) is 6.78. The third kappa shape index (κ3) is 2.99. The van der Waals surface area contributed by atoms with Crippen LogP contribution < -0.4 is 0 Å². The highest BCUT2D eigenvalue weighted by Gasteiger charge is 2.58. The molecule has 2 atom stereocenters. The van der Waals surface area contributed by atoms with Gasteiger partial charge in [0.15, 0.2) is 5.41 Å². The maximum atomic E-state index is 13.4. The van der Waals surface area contributed by atoms with Gasteiger partial charge in [0.2, 0.25) is 10.0 Å². The molecule has 28 heavy (non-hydrogen) atoms. The molecule has 5 nitrogen and oxygen atoms in total. The first-order chi connectivity index (χ1) is 13.3. The fourth-order valence-electron chi connectivity index (χ4n) is 3.60. The van der Waals surface area contributed by atoms with E-state index in [-0.39, 0.29) is 11.4 Å². The Morgan fingerprint density at radius 2 is 1.71 bits per heavy atom. The summed E-state index contributed by atoms with van der Waals surface area (Å²) in [7, 11) is -4.01. The first-order valence-electron chi connectivity index (χ1n) is 8.59. The minimum atomic E-state index is -4.01. The average molecular weight is 395 g/mol. The van der Waals surface area contributed by atoms with Gasteiger partial charge in [-0.15, -0.1) is 6.58 Å². The van der Waals surface area contributed by atoms with Crippen molar-refractivity contribution in [2.24, 2.45) is 11.3 Å².